The molecule has 0 bridgehead atoms. The molecule has 0 aliphatic rings. The lowest BCUT2D eigenvalue weighted by Gasteiger charge is -2.12. The van der Waals surface area contributed by atoms with Crippen LogP contribution in [0.15, 0.2) is 206 Å². The van der Waals surface area contributed by atoms with Gasteiger partial charge >= 0.3 is 0 Å². The maximum Gasteiger partial charge on any atom is 0.160 e. The van der Waals surface area contributed by atoms with Gasteiger partial charge in [0.05, 0.1) is 33.5 Å². The first kappa shape index (κ1) is 31.9. The summed E-state index contributed by atoms with van der Waals surface area (Å²) in [6.45, 7) is 0. The maximum absolute atomic E-state index is 5.08. The molecule has 0 fully saturated rings. The zero-order chi connectivity index (χ0) is 37.0. The second-order valence-electron chi connectivity index (χ2n) is 14.2. The molecule has 3 heterocycles. The lowest BCUT2D eigenvalue weighted by Crippen LogP contribution is -1.97. The van der Waals surface area contributed by atoms with Crippen LogP contribution in [0.25, 0.3) is 100 Å². The Morgan fingerprint density at radius 1 is 0.304 bits per heavy atom. The van der Waals surface area contributed by atoms with E-state index < -0.39 is 0 Å². The van der Waals surface area contributed by atoms with Crippen molar-refractivity contribution in [3.05, 3.63) is 206 Å². The zero-order valence-corrected chi connectivity index (χ0v) is 30.4. The Balaban J connectivity index is 1.06. The highest BCUT2D eigenvalue weighted by atomic mass is 15.0. The summed E-state index contributed by atoms with van der Waals surface area (Å²) < 4.78 is 4.77. The van der Waals surface area contributed by atoms with E-state index in [4.69, 9.17) is 9.97 Å². The van der Waals surface area contributed by atoms with E-state index in [2.05, 4.69) is 179 Å². The van der Waals surface area contributed by atoms with Crippen LogP contribution in [0.3, 0.4) is 0 Å². The first-order chi connectivity index (χ1) is 27.8. The lowest BCUT2D eigenvalue weighted by molar-refractivity contribution is 1.16. The minimum Gasteiger partial charge on any atom is -0.309 e. The molecule has 0 unspecified atom stereocenters. The third kappa shape index (κ3) is 5.23. The van der Waals surface area contributed by atoms with E-state index in [0.29, 0.717) is 5.82 Å². The van der Waals surface area contributed by atoms with Crippen molar-refractivity contribution in [2.75, 3.05) is 0 Å². The SMILES string of the molecule is c1ccc(-c2cc(-c3ccccc3)nc(-c3ccc(-n4c5ccccc5c5c(-c6ccc7c8ccccc8n(-c8ccccc8)c7c6)cccc54)cc3)n2)cc1. The number of aromatic nitrogens is 4. The van der Waals surface area contributed by atoms with Crippen LogP contribution in [0, 0.1) is 0 Å². The molecule has 0 atom stereocenters. The van der Waals surface area contributed by atoms with Gasteiger partial charge in [-0.3, -0.25) is 0 Å². The molecule has 11 rings (SSSR count). The molecule has 8 aromatic carbocycles. The van der Waals surface area contributed by atoms with Crippen LogP contribution in [-0.2, 0) is 0 Å². The molecule has 11 aromatic rings. The molecule has 0 N–H and O–H groups in total. The summed E-state index contributed by atoms with van der Waals surface area (Å²) in [6, 6.07) is 73.2. The van der Waals surface area contributed by atoms with Crippen LogP contribution in [-0.4, -0.2) is 19.1 Å². The fourth-order valence-corrected chi connectivity index (χ4v) is 8.38. The average molecular weight is 715 g/mol. The number of hydrogen-bond donors (Lipinski definition) is 0. The molecule has 262 valence electrons. The largest absolute Gasteiger partial charge is 0.309 e. The number of fused-ring (bicyclic) bond motifs is 6. The molecule has 0 saturated heterocycles. The van der Waals surface area contributed by atoms with Gasteiger partial charge in [0.2, 0.25) is 0 Å². The quantitative estimate of drug-likeness (QED) is 0.172. The molecule has 0 aliphatic heterocycles. The summed E-state index contributed by atoms with van der Waals surface area (Å²) in [5.74, 6) is 0.699. The third-order valence-electron chi connectivity index (χ3n) is 10.9. The highest BCUT2D eigenvalue weighted by Gasteiger charge is 2.19. The van der Waals surface area contributed by atoms with Crippen LogP contribution in [0.5, 0.6) is 0 Å². The summed E-state index contributed by atoms with van der Waals surface area (Å²) in [4.78, 5) is 10.2. The third-order valence-corrected chi connectivity index (χ3v) is 10.9. The molecule has 0 saturated carbocycles. The highest BCUT2D eigenvalue weighted by Crippen LogP contribution is 2.41. The van der Waals surface area contributed by atoms with Gasteiger partial charge < -0.3 is 9.13 Å². The predicted octanol–water partition coefficient (Wildman–Crippen LogP) is 13.3. The number of benzene rings is 8. The number of hydrogen-bond acceptors (Lipinski definition) is 2. The normalized spacial score (nSPS) is 11.6. The van der Waals surface area contributed by atoms with Crippen molar-refractivity contribution in [3.63, 3.8) is 0 Å². The molecule has 0 aliphatic carbocycles. The first-order valence-electron chi connectivity index (χ1n) is 19.0. The van der Waals surface area contributed by atoms with E-state index in [9.17, 15) is 0 Å². The van der Waals surface area contributed by atoms with Gasteiger partial charge in [0, 0.05) is 49.6 Å². The minimum absolute atomic E-state index is 0.699. The van der Waals surface area contributed by atoms with E-state index in [1.165, 1.54) is 43.7 Å². The fourth-order valence-electron chi connectivity index (χ4n) is 8.38. The minimum atomic E-state index is 0.699. The van der Waals surface area contributed by atoms with Gasteiger partial charge in [0.15, 0.2) is 5.82 Å². The van der Waals surface area contributed by atoms with Crippen LogP contribution in [0.4, 0.5) is 0 Å². The van der Waals surface area contributed by atoms with Crippen molar-refractivity contribution in [3.8, 4) is 56.4 Å². The molecule has 0 radical (unpaired) electrons. The summed E-state index contributed by atoms with van der Waals surface area (Å²) in [5, 5.41) is 4.96. The molecular weight excluding hydrogens is 681 g/mol. The van der Waals surface area contributed by atoms with E-state index in [-0.39, 0.29) is 0 Å². The Bertz CT molecular complexity index is 3160. The topological polar surface area (TPSA) is 35.6 Å². The summed E-state index contributed by atoms with van der Waals surface area (Å²) in [6.07, 6.45) is 0. The van der Waals surface area contributed by atoms with Crippen LogP contribution >= 0.6 is 0 Å². The summed E-state index contributed by atoms with van der Waals surface area (Å²) in [5.41, 5.74) is 14.2. The summed E-state index contributed by atoms with van der Waals surface area (Å²) in [7, 11) is 0. The lowest BCUT2D eigenvalue weighted by atomic mass is 9.98. The molecule has 56 heavy (non-hydrogen) atoms. The Morgan fingerprint density at radius 3 is 1.48 bits per heavy atom. The van der Waals surface area contributed by atoms with Crippen LogP contribution in [0.2, 0.25) is 0 Å². The van der Waals surface area contributed by atoms with Crippen molar-refractivity contribution in [1.82, 2.24) is 19.1 Å². The van der Waals surface area contributed by atoms with Gasteiger partial charge in [-0.2, -0.15) is 0 Å². The number of nitrogens with zero attached hydrogens (tertiary/aromatic N) is 4. The van der Waals surface area contributed by atoms with Crippen LogP contribution < -0.4 is 0 Å². The fraction of sp³-hybridized carbons (Fsp3) is 0. The predicted molar refractivity (Wildman–Crippen MR) is 232 cm³/mol. The second-order valence-corrected chi connectivity index (χ2v) is 14.2. The van der Waals surface area contributed by atoms with E-state index in [1.54, 1.807) is 0 Å². The van der Waals surface area contributed by atoms with Gasteiger partial charge in [0.25, 0.3) is 0 Å². The number of para-hydroxylation sites is 3. The van der Waals surface area contributed by atoms with Crippen molar-refractivity contribution in [2.24, 2.45) is 0 Å². The smallest absolute Gasteiger partial charge is 0.160 e. The van der Waals surface area contributed by atoms with Crippen molar-refractivity contribution >= 4 is 43.6 Å². The van der Waals surface area contributed by atoms with Gasteiger partial charge in [-0.1, -0.05) is 140 Å². The Kier molecular flexibility index (Phi) is 7.46. The monoisotopic (exact) mass is 714 g/mol. The summed E-state index contributed by atoms with van der Waals surface area (Å²) >= 11 is 0. The molecule has 3 aromatic heterocycles. The van der Waals surface area contributed by atoms with Crippen molar-refractivity contribution in [1.29, 1.82) is 0 Å². The zero-order valence-electron chi connectivity index (χ0n) is 30.4. The van der Waals surface area contributed by atoms with Gasteiger partial charge in [-0.15, -0.1) is 0 Å². The first-order valence-corrected chi connectivity index (χ1v) is 19.0. The van der Waals surface area contributed by atoms with E-state index in [1.807, 2.05) is 36.4 Å². The molecule has 0 spiro atoms. The van der Waals surface area contributed by atoms with E-state index >= 15 is 0 Å². The molecular formula is C52H34N4. The standard InChI is InChI=1S/C52H34N4/c1-4-15-35(16-5-1)45-34-46(36-17-6-2-7-18-36)54-52(53-45)37-27-30-40(31-28-37)55-48-25-13-11-22-44(48)51-41(23-14-26-49(51)55)38-29-32-43-42-21-10-12-24-47(42)56(50(43)33-38)39-19-8-3-9-20-39/h1-34H. The average Bonchev–Trinajstić information content (AvgIpc) is 3.80. The van der Waals surface area contributed by atoms with Gasteiger partial charge in [0.1, 0.15) is 0 Å². The Morgan fingerprint density at radius 2 is 0.804 bits per heavy atom. The molecule has 4 nitrogen and oxygen atoms in total. The van der Waals surface area contributed by atoms with E-state index in [0.717, 1.165) is 50.5 Å². The second kappa shape index (κ2) is 13.1. The Labute approximate surface area is 324 Å². The maximum atomic E-state index is 5.08. The van der Waals surface area contributed by atoms with Gasteiger partial charge in [-0.25, -0.2) is 9.97 Å². The molecule has 4 heteroatoms. The van der Waals surface area contributed by atoms with Crippen molar-refractivity contribution < 1.29 is 0 Å². The number of rotatable bonds is 6. The Hall–Kier alpha value is -7.56. The van der Waals surface area contributed by atoms with Crippen molar-refractivity contribution in [2.45, 2.75) is 0 Å². The highest BCUT2D eigenvalue weighted by molar-refractivity contribution is 6.17. The van der Waals surface area contributed by atoms with Crippen LogP contribution in [0.1, 0.15) is 0 Å². The molecule has 0 amide bonds. The van der Waals surface area contributed by atoms with Gasteiger partial charge in [-0.05, 0) is 77.9 Å².